The molecule has 0 fully saturated rings. The Labute approximate surface area is 122 Å². The molecule has 0 saturated heterocycles. The Morgan fingerprint density at radius 3 is 2.42 bits per heavy atom. The van der Waals surface area contributed by atoms with Gasteiger partial charge >= 0.3 is 0 Å². The lowest BCUT2D eigenvalue weighted by atomic mass is 10.3. The first-order valence-corrected chi connectivity index (χ1v) is 7.89. The Balaban J connectivity index is 2.74. The second-order valence-corrected chi connectivity index (χ2v) is 6.06. The molecule has 0 unspecified atom stereocenters. The Kier molecular flexibility index (Phi) is 6.35. The number of ether oxygens (including phenoxy) is 2. The highest BCUT2D eigenvalue weighted by atomic mass is 35.5. The Morgan fingerprint density at radius 2 is 1.84 bits per heavy atom. The summed E-state index contributed by atoms with van der Waals surface area (Å²) in [5, 5.41) is 5.10. The second kappa shape index (κ2) is 7.31. The Hall–Kier alpha value is -0.530. The van der Waals surface area contributed by atoms with Gasteiger partial charge in [-0.3, -0.25) is 0 Å². The van der Waals surface area contributed by atoms with Gasteiger partial charge in [0.15, 0.2) is 0 Å². The average molecular weight is 328 g/mol. The van der Waals surface area contributed by atoms with E-state index < -0.39 is 10.0 Å². The van der Waals surface area contributed by atoms with E-state index >= 15 is 0 Å². The summed E-state index contributed by atoms with van der Waals surface area (Å²) in [5.41, 5.74) is 0. The smallest absolute Gasteiger partial charge is 0.239 e. The molecule has 8 heteroatoms. The van der Waals surface area contributed by atoms with Crippen LogP contribution in [0.3, 0.4) is 0 Å². The van der Waals surface area contributed by atoms with Crippen molar-refractivity contribution >= 4 is 33.2 Å². The quantitative estimate of drug-likeness (QED) is 0.780. The lowest BCUT2D eigenvalue weighted by molar-refractivity contribution is 0.101. The van der Waals surface area contributed by atoms with Crippen LogP contribution in [0, 0.1) is 0 Å². The fraction of sp³-hybridized carbons (Fsp3) is 0.455. The summed E-state index contributed by atoms with van der Waals surface area (Å²) < 4.78 is 33.0. The van der Waals surface area contributed by atoms with E-state index in [0.717, 1.165) is 6.42 Å². The number of halogens is 2. The molecule has 1 aromatic rings. The number of benzene rings is 1. The zero-order valence-corrected chi connectivity index (χ0v) is 12.7. The van der Waals surface area contributed by atoms with E-state index in [-0.39, 0.29) is 14.9 Å². The van der Waals surface area contributed by atoms with Crippen LogP contribution in [0.4, 0.5) is 0 Å². The zero-order valence-electron chi connectivity index (χ0n) is 10.4. The monoisotopic (exact) mass is 327 g/mol. The maximum Gasteiger partial charge on any atom is 0.239 e. The number of hydrogen-bond acceptors (Lipinski definition) is 4. The van der Waals surface area contributed by atoms with Crippen LogP contribution in [0.5, 0.6) is 5.75 Å². The van der Waals surface area contributed by atoms with E-state index in [1.54, 1.807) is 0 Å². The Bertz CT molecular complexity index is 534. The van der Waals surface area contributed by atoms with Gasteiger partial charge in [-0.2, -0.15) is 0 Å². The van der Waals surface area contributed by atoms with Gasteiger partial charge < -0.3 is 9.47 Å². The minimum atomic E-state index is -3.90. The van der Waals surface area contributed by atoms with Crippen molar-refractivity contribution in [3.63, 3.8) is 0 Å². The number of rotatable bonds is 7. The molecule has 1 rings (SSSR count). The molecule has 0 radical (unpaired) electrons. The third kappa shape index (κ3) is 5.16. The molecule has 0 saturated carbocycles. The highest BCUT2D eigenvalue weighted by Gasteiger charge is 2.16. The standard InChI is InChI=1S/C11H15Cl2NO4S/c1-2-3-17-4-5-18-10-6-9(13)11(7-8(10)12)19(14,15)16/h6-7H,2-5H2,1H3,(H2,14,15,16). The fourth-order valence-corrected chi connectivity index (χ4v) is 2.67. The molecule has 0 aliphatic carbocycles. The van der Waals surface area contributed by atoms with E-state index in [4.69, 9.17) is 37.8 Å². The van der Waals surface area contributed by atoms with E-state index in [2.05, 4.69) is 0 Å². The van der Waals surface area contributed by atoms with Gasteiger partial charge in [0.1, 0.15) is 17.3 Å². The van der Waals surface area contributed by atoms with E-state index in [0.29, 0.717) is 25.6 Å². The third-order valence-corrected chi connectivity index (χ3v) is 3.80. The highest BCUT2D eigenvalue weighted by molar-refractivity contribution is 7.89. The van der Waals surface area contributed by atoms with Crippen molar-refractivity contribution in [1.82, 2.24) is 0 Å². The van der Waals surface area contributed by atoms with Crippen molar-refractivity contribution in [2.24, 2.45) is 5.14 Å². The molecule has 0 heterocycles. The van der Waals surface area contributed by atoms with Crippen molar-refractivity contribution < 1.29 is 17.9 Å². The van der Waals surface area contributed by atoms with Crippen molar-refractivity contribution in [3.8, 4) is 5.75 Å². The van der Waals surface area contributed by atoms with Crippen LogP contribution in [0.1, 0.15) is 13.3 Å². The maximum atomic E-state index is 11.2. The van der Waals surface area contributed by atoms with E-state index in [1.165, 1.54) is 12.1 Å². The average Bonchev–Trinajstić information content (AvgIpc) is 2.31. The van der Waals surface area contributed by atoms with Crippen LogP contribution in [0.25, 0.3) is 0 Å². The minimum absolute atomic E-state index is 0.0311. The molecule has 0 amide bonds. The van der Waals surface area contributed by atoms with Gasteiger partial charge in [-0.05, 0) is 12.5 Å². The van der Waals surface area contributed by atoms with Crippen molar-refractivity contribution in [1.29, 1.82) is 0 Å². The number of primary sulfonamides is 1. The predicted molar refractivity (Wildman–Crippen MR) is 74.4 cm³/mol. The first-order valence-electron chi connectivity index (χ1n) is 5.58. The summed E-state index contributed by atoms with van der Waals surface area (Å²) in [5.74, 6) is 0.291. The second-order valence-electron chi connectivity index (χ2n) is 3.72. The third-order valence-electron chi connectivity index (χ3n) is 2.13. The van der Waals surface area contributed by atoms with Gasteiger partial charge in [-0.1, -0.05) is 30.1 Å². The molecular weight excluding hydrogens is 313 g/mol. The fourth-order valence-electron chi connectivity index (χ4n) is 1.30. The van der Waals surface area contributed by atoms with Crippen LogP contribution in [0.2, 0.25) is 10.0 Å². The van der Waals surface area contributed by atoms with Crippen LogP contribution in [0.15, 0.2) is 17.0 Å². The number of nitrogens with two attached hydrogens (primary N) is 1. The van der Waals surface area contributed by atoms with Gasteiger partial charge in [-0.25, -0.2) is 13.6 Å². The van der Waals surface area contributed by atoms with E-state index in [9.17, 15) is 8.42 Å². The van der Waals surface area contributed by atoms with Crippen LogP contribution < -0.4 is 9.88 Å². The van der Waals surface area contributed by atoms with Crippen molar-refractivity contribution in [2.45, 2.75) is 18.2 Å². The normalized spacial score (nSPS) is 11.6. The number of hydrogen-bond donors (Lipinski definition) is 1. The SMILES string of the molecule is CCCOCCOc1cc(Cl)c(S(N)(=O)=O)cc1Cl. The van der Waals surface area contributed by atoms with Crippen LogP contribution in [-0.4, -0.2) is 28.2 Å². The minimum Gasteiger partial charge on any atom is -0.490 e. The molecular formula is C11H15Cl2NO4S. The van der Waals surface area contributed by atoms with E-state index in [1.807, 2.05) is 6.92 Å². The lowest BCUT2D eigenvalue weighted by Gasteiger charge is -2.10. The van der Waals surface area contributed by atoms with Crippen molar-refractivity contribution in [2.75, 3.05) is 19.8 Å². The first-order chi connectivity index (χ1) is 8.86. The largest absolute Gasteiger partial charge is 0.490 e. The molecule has 0 aliphatic rings. The Morgan fingerprint density at radius 1 is 1.16 bits per heavy atom. The van der Waals surface area contributed by atoms with Crippen molar-refractivity contribution in [3.05, 3.63) is 22.2 Å². The molecule has 0 bridgehead atoms. The summed E-state index contributed by atoms with van der Waals surface area (Å²) in [6.07, 6.45) is 0.926. The lowest BCUT2D eigenvalue weighted by Crippen LogP contribution is -2.13. The summed E-state index contributed by atoms with van der Waals surface area (Å²) in [6.45, 7) is 3.37. The molecule has 0 atom stereocenters. The van der Waals surface area contributed by atoms with Crippen LogP contribution >= 0.6 is 23.2 Å². The van der Waals surface area contributed by atoms with Crippen LogP contribution in [-0.2, 0) is 14.8 Å². The van der Waals surface area contributed by atoms with Gasteiger partial charge in [0.2, 0.25) is 10.0 Å². The van der Waals surface area contributed by atoms with Gasteiger partial charge in [0.05, 0.1) is 16.7 Å². The summed E-state index contributed by atoms with van der Waals surface area (Å²) in [4.78, 5) is -0.228. The first kappa shape index (κ1) is 16.5. The topological polar surface area (TPSA) is 78.6 Å². The number of sulfonamides is 1. The summed E-state index contributed by atoms with van der Waals surface area (Å²) in [6, 6.07) is 2.49. The summed E-state index contributed by atoms with van der Waals surface area (Å²) in [7, 11) is -3.90. The molecule has 108 valence electrons. The van der Waals surface area contributed by atoms with Gasteiger partial charge in [0.25, 0.3) is 0 Å². The van der Waals surface area contributed by atoms with Gasteiger partial charge in [-0.15, -0.1) is 0 Å². The molecule has 19 heavy (non-hydrogen) atoms. The maximum absolute atomic E-state index is 11.2. The highest BCUT2D eigenvalue weighted by Crippen LogP contribution is 2.32. The molecule has 0 aromatic heterocycles. The molecule has 0 aliphatic heterocycles. The zero-order chi connectivity index (χ0) is 14.5. The molecule has 1 aromatic carbocycles. The molecule has 2 N–H and O–H groups in total. The molecule has 5 nitrogen and oxygen atoms in total. The molecule has 0 spiro atoms. The van der Waals surface area contributed by atoms with Gasteiger partial charge in [0, 0.05) is 12.7 Å². The predicted octanol–water partition coefficient (Wildman–Crippen LogP) is 2.45. The summed E-state index contributed by atoms with van der Waals surface area (Å²) >= 11 is 11.7.